The molecule has 0 aromatic carbocycles. The molecule has 7 atom stereocenters. The van der Waals surface area contributed by atoms with Crippen molar-refractivity contribution in [2.75, 3.05) is 0 Å². The lowest BCUT2D eigenvalue weighted by atomic mass is 9.43. The molecule has 0 aliphatic heterocycles. The van der Waals surface area contributed by atoms with Gasteiger partial charge in [-0.1, -0.05) is 72.1 Å². The molecule has 0 bridgehead atoms. The largest absolute Gasteiger partial charge is 0.0654 e. The summed E-state index contributed by atoms with van der Waals surface area (Å²) < 4.78 is 0. The monoisotopic (exact) mass is 344 g/mol. The third kappa shape index (κ3) is 3.12. The lowest BCUT2D eigenvalue weighted by Crippen LogP contribution is -2.54. The second kappa shape index (κ2) is 7.20. The van der Waals surface area contributed by atoms with Crippen LogP contribution in [0.5, 0.6) is 0 Å². The molecule has 0 heteroatoms. The van der Waals surface area contributed by atoms with Crippen LogP contribution in [0.15, 0.2) is 0 Å². The first-order valence-corrected chi connectivity index (χ1v) is 12.1. The van der Waals surface area contributed by atoms with Crippen molar-refractivity contribution in [1.82, 2.24) is 0 Å². The van der Waals surface area contributed by atoms with Crippen LogP contribution in [-0.4, -0.2) is 0 Å². The Morgan fingerprint density at radius 1 is 0.760 bits per heavy atom. The summed E-state index contributed by atoms with van der Waals surface area (Å²) in [7, 11) is 0. The molecule has 144 valence electrons. The summed E-state index contributed by atoms with van der Waals surface area (Å²) in [6.07, 6.45) is 23.0. The Bertz CT molecular complexity index is 453. The highest BCUT2D eigenvalue weighted by Crippen LogP contribution is 2.67. The lowest BCUT2D eigenvalue weighted by Gasteiger charge is -2.62. The summed E-state index contributed by atoms with van der Waals surface area (Å²) in [5, 5.41) is 0. The second-order valence-electron chi connectivity index (χ2n) is 11.2. The fourth-order valence-corrected chi connectivity index (χ4v) is 8.71. The maximum absolute atomic E-state index is 2.77. The molecule has 0 nitrogen and oxygen atoms in total. The van der Waals surface area contributed by atoms with E-state index in [2.05, 4.69) is 20.8 Å². The first kappa shape index (κ1) is 18.4. The van der Waals surface area contributed by atoms with Crippen LogP contribution in [-0.2, 0) is 0 Å². The zero-order valence-corrected chi connectivity index (χ0v) is 17.5. The molecule has 0 amide bonds. The lowest BCUT2D eigenvalue weighted by molar-refractivity contribution is -0.130. The minimum atomic E-state index is 0.709. The van der Waals surface area contributed by atoms with Crippen molar-refractivity contribution in [1.29, 1.82) is 0 Å². The van der Waals surface area contributed by atoms with Gasteiger partial charge in [0.25, 0.3) is 0 Å². The maximum Gasteiger partial charge on any atom is -0.0264 e. The standard InChI is InChI=1S/C25H44/c1-4-5-6-7-11-19-18-20-22-13-10-15-24(22,2)17-14-23(20)25(3)16-9-8-12-21(19)25/h19-23H,4-18H2,1-3H3/t19?,20-,21?,22-,23+,24-,25-/m0/s1. The molecule has 25 heavy (non-hydrogen) atoms. The third-order valence-corrected chi connectivity index (χ3v) is 9.97. The molecular formula is C25H44. The topological polar surface area (TPSA) is 0 Å². The van der Waals surface area contributed by atoms with Gasteiger partial charge < -0.3 is 0 Å². The predicted octanol–water partition coefficient (Wildman–Crippen LogP) is 8.01. The normalized spacial score (nSPS) is 49.3. The summed E-state index contributed by atoms with van der Waals surface area (Å²) in [6, 6.07) is 0. The van der Waals surface area contributed by atoms with E-state index >= 15 is 0 Å². The van der Waals surface area contributed by atoms with E-state index in [1.165, 1.54) is 44.9 Å². The van der Waals surface area contributed by atoms with Gasteiger partial charge in [-0.25, -0.2) is 0 Å². The highest BCUT2D eigenvalue weighted by atomic mass is 14.6. The second-order valence-corrected chi connectivity index (χ2v) is 11.2. The molecule has 4 saturated carbocycles. The summed E-state index contributed by atoms with van der Waals surface area (Å²) >= 11 is 0. The molecule has 4 fully saturated rings. The summed E-state index contributed by atoms with van der Waals surface area (Å²) in [5.41, 5.74) is 1.44. The molecule has 0 aromatic rings. The Hall–Kier alpha value is 0. The van der Waals surface area contributed by atoms with E-state index in [-0.39, 0.29) is 0 Å². The Kier molecular flexibility index (Phi) is 5.29. The zero-order valence-electron chi connectivity index (χ0n) is 17.5. The van der Waals surface area contributed by atoms with Gasteiger partial charge in [0.2, 0.25) is 0 Å². The Morgan fingerprint density at radius 3 is 2.44 bits per heavy atom. The van der Waals surface area contributed by atoms with Gasteiger partial charge in [0.05, 0.1) is 0 Å². The Labute approximate surface area is 157 Å². The Balaban J connectivity index is 1.55. The molecule has 0 spiro atoms. The van der Waals surface area contributed by atoms with Crippen LogP contribution in [0.25, 0.3) is 0 Å². The van der Waals surface area contributed by atoms with E-state index < -0.39 is 0 Å². The molecule has 2 unspecified atom stereocenters. The van der Waals surface area contributed by atoms with E-state index in [1.807, 2.05) is 0 Å². The molecule has 0 saturated heterocycles. The van der Waals surface area contributed by atoms with E-state index in [4.69, 9.17) is 0 Å². The van der Waals surface area contributed by atoms with Crippen LogP contribution in [0.3, 0.4) is 0 Å². The molecule has 4 aliphatic rings. The average molecular weight is 345 g/mol. The first-order valence-electron chi connectivity index (χ1n) is 12.1. The molecule has 0 heterocycles. The maximum atomic E-state index is 2.77. The van der Waals surface area contributed by atoms with Crippen LogP contribution in [0, 0.1) is 40.4 Å². The number of unbranched alkanes of at least 4 members (excludes halogenated alkanes) is 3. The van der Waals surface area contributed by atoms with E-state index in [0.29, 0.717) is 5.41 Å². The van der Waals surface area contributed by atoms with Gasteiger partial charge in [0.1, 0.15) is 0 Å². The van der Waals surface area contributed by atoms with Crippen molar-refractivity contribution in [3.63, 3.8) is 0 Å². The van der Waals surface area contributed by atoms with E-state index in [1.54, 1.807) is 51.4 Å². The number of hydrogen-bond donors (Lipinski definition) is 0. The summed E-state index contributed by atoms with van der Waals surface area (Å²) in [4.78, 5) is 0. The Morgan fingerprint density at radius 2 is 1.60 bits per heavy atom. The molecule has 0 aromatic heterocycles. The minimum Gasteiger partial charge on any atom is -0.0654 e. The van der Waals surface area contributed by atoms with Crippen molar-refractivity contribution in [2.24, 2.45) is 40.4 Å². The van der Waals surface area contributed by atoms with Gasteiger partial charge in [0.15, 0.2) is 0 Å². The molecule has 4 rings (SSSR count). The highest BCUT2D eigenvalue weighted by Gasteiger charge is 2.59. The number of fused-ring (bicyclic) bond motifs is 5. The molecule has 0 radical (unpaired) electrons. The van der Waals surface area contributed by atoms with E-state index in [0.717, 1.165) is 35.0 Å². The van der Waals surface area contributed by atoms with E-state index in [9.17, 15) is 0 Å². The highest BCUT2D eigenvalue weighted by molar-refractivity contribution is 5.08. The molecule has 4 aliphatic carbocycles. The summed E-state index contributed by atoms with van der Waals surface area (Å²) in [5.74, 6) is 5.42. The van der Waals surface area contributed by atoms with Gasteiger partial charge in [-0.3, -0.25) is 0 Å². The number of hydrogen-bond acceptors (Lipinski definition) is 0. The minimum absolute atomic E-state index is 0.709. The third-order valence-electron chi connectivity index (χ3n) is 9.97. The quantitative estimate of drug-likeness (QED) is 0.443. The molecule has 0 N–H and O–H groups in total. The first-order chi connectivity index (χ1) is 12.1. The summed E-state index contributed by atoms with van der Waals surface area (Å²) in [6.45, 7) is 7.79. The van der Waals surface area contributed by atoms with Gasteiger partial charge in [-0.15, -0.1) is 0 Å². The molecular weight excluding hydrogens is 300 g/mol. The van der Waals surface area contributed by atoms with Gasteiger partial charge in [0, 0.05) is 0 Å². The predicted molar refractivity (Wildman–Crippen MR) is 109 cm³/mol. The average Bonchev–Trinajstić information content (AvgIpc) is 3.00. The fourth-order valence-electron chi connectivity index (χ4n) is 8.71. The van der Waals surface area contributed by atoms with Crippen LogP contribution in [0.2, 0.25) is 0 Å². The van der Waals surface area contributed by atoms with Crippen LogP contribution in [0.4, 0.5) is 0 Å². The SMILES string of the molecule is CCCCCCC1C[C@@H]2[C@@H](CC[C@]3(C)CCC[C@@H]23)[C@@]2(C)CCCCC12. The van der Waals surface area contributed by atoms with Gasteiger partial charge in [-0.2, -0.15) is 0 Å². The van der Waals surface area contributed by atoms with Crippen LogP contribution >= 0.6 is 0 Å². The van der Waals surface area contributed by atoms with Gasteiger partial charge in [-0.05, 0) is 85.4 Å². The fraction of sp³-hybridized carbons (Fsp3) is 1.00. The number of rotatable bonds is 5. The van der Waals surface area contributed by atoms with Crippen molar-refractivity contribution < 1.29 is 0 Å². The van der Waals surface area contributed by atoms with Gasteiger partial charge >= 0.3 is 0 Å². The smallest absolute Gasteiger partial charge is 0.0264 e. The van der Waals surface area contributed by atoms with Crippen molar-refractivity contribution in [3.05, 3.63) is 0 Å². The van der Waals surface area contributed by atoms with Crippen molar-refractivity contribution in [3.8, 4) is 0 Å². The zero-order chi connectivity index (χ0) is 17.5. The van der Waals surface area contributed by atoms with Crippen molar-refractivity contribution in [2.45, 2.75) is 117 Å². The van der Waals surface area contributed by atoms with Crippen LogP contribution in [0.1, 0.15) is 117 Å². The van der Waals surface area contributed by atoms with Crippen LogP contribution < -0.4 is 0 Å². The van der Waals surface area contributed by atoms with Crippen molar-refractivity contribution >= 4 is 0 Å².